The van der Waals surface area contributed by atoms with Crippen molar-refractivity contribution in [2.24, 2.45) is 0 Å². The number of halogens is 2. The second-order valence-corrected chi connectivity index (χ2v) is 4.59. The summed E-state index contributed by atoms with van der Waals surface area (Å²) in [6.07, 6.45) is 4.56. The van der Waals surface area contributed by atoms with E-state index in [0.717, 1.165) is 0 Å². The lowest BCUT2D eigenvalue weighted by atomic mass is 10.1. The molecule has 0 bridgehead atoms. The van der Waals surface area contributed by atoms with E-state index < -0.39 is 5.82 Å². The first-order chi connectivity index (χ1) is 9.56. The average molecular weight is 291 g/mol. The smallest absolute Gasteiger partial charge is 0.189 e. The number of nitrogens with one attached hydrogen (secondary N) is 1. The lowest BCUT2D eigenvalue weighted by Gasteiger charge is -2.07. The Morgan fingerprint density at radius 1 is 1.40 bits per heavy atom. The van der Waals surface area contributed by atoms with E-state index in [1.54, 1.807) is 31.3 Å². The fraction of sp³-hybridized carbons (Fsp3) is 0.0667. The highest BCUT2D eigenvalue weighted by atomic mass is 35.5. The van der Waals surface area contributed by atoms with Crippen LogP contribution in [-0.4, -0.2) is 10.8 Å². The van der Waals surface area contributed by atoms with Gasteiger partial charge in [0.25, 0.3) is 0 Å². The lowest BCUT2D eigenvalue weighted by Crippen LogP contribution is -2.01. The van der Waals surface area contributed by atoms with Gasteiger partial charge >= 0.3 is 0 Å². The summed E-state index contributed by atoms with van der Waals surface area (Å²) in [6, 6.07) is 7.66. The quantitative estimate of drug-likeness (QED) is 0.681. The molecule has 0 saturated heterocycles. The Kier molecular flexibility index (Phi) is 4.48. The first-order valence-corrected chi connectivity index (χ1v) is 6.29. The van der Waals surface area contributed by atoms with E-state index in [1.807, 2.05) is 0 Å². The molecule has 0 spiro atoms. The molecule has 5 heteroatoms. The van der Waals surface area contributed by atoms with Gasteiger partial charge in [0.1, 0.15) is 5.82 Å². The normalized spacial score (nSPS) is 11.2. The number of hydrogen-bond donors (Lipinski definition) is 1. The molecule has 0 fully saturated rings. The van der Waals surface area contributed by atoms with Crippen molar-refractivity contribution in [2.45, 2.75) is 6.92 Å². The number of nitrogens with zero attached hydrogens (tertiary/aromatic N) is 1. The summed E-state index contributed by atoms with van der Waals surface area (Å²) in [5.41, 5.74) is 1.75. The maximum atomic E-state index is 13.0. The molecule has 2 rings (SSSR count). The van der Waals surface area contributed by atoms with Crippen molar-refractivity contribution in [3.8, 4) is 0 Å². The third-order valence-corrected chi connectivity index (χ3v) is 2.84. The molecule has 1 aromatic heterocycles. The van der Waals surface area contributed by atoms with Gasteiger partial charge < -0.3 is 5.32 Å². The predicted molar refractivity (Wildman–Crippen MR) is 77.4 cm³/mol. The zero-order chi connectivity index (χ0) is 14.5. The summed E-state index contributed by atoms with van der Waals surface area (Å²) >= 11 is 5.69. The summed E-state index contributed by atoms with van der Waals surface area (Å²) in [7, 11) is 0. The Morgan fingerprint density at radius 3 is 2.85 bits per heavy atom. The van der Waals surface area contributed by atoms with Crippen molar-refractivity contribution in [1.82, 2.24) is 4.98 Å². The molecule has 102 valence electrons. The van der Waals surface area contributed by atoms with Crippen LogP contribution in [0.3, 0.4) is 0 Å². The summed E-state index contributed by atoms with van der Waals surface area (Å²) in [5, 5.41) is 3.01. The Labute approximate surface area is 121 Å². The topological polar surface area (TPSA) is 42.0 Å². The highest BCUT2D eigenvalue weighted by Gasteiger charge is 2.04. The third-order valence-electron chi connectivity index (χ3n) is 2.55. The van der Waals surface area contributed by atoms with Gasteiger partial charge in [-0.3, -0.25) is 9.78 Å². The zero-order valence-corrected chi connectivity index (χ0v) is 11.5. The Balaban J connectivity index is 2.11. The molecule has 2 aromatic rings. The largest absolute Gasteiger partial charge is 0.359 e. The maximum Gasteiger partial charge on any atom is 0.189 e. The van der Waals surface area contributed by atoms with E-state index in [-0.39, 0.29) is 10.8 Å². The highest BCUT2D eigenvalue weighted by molar-refractivity contribution is 6.31. The minimum Gasteiger partial charge on any atom is -0.359 e. The first kappa shape index (κ1) is 14.2. The average Bonchev–Trinajstić information content (AvgIpc) is 2.44. The fourth-order valence-corrected chi connectivity index (χ4v) is 1.81. The molecule has 1 N–H and O–H groups in total. The molecule has 0 aliphatic carbocycles. The summed E-state index contributed by atoms with van der Waals surface area (Å²) in [5.74, 6) is -0.637. The monoisotopic (exact) mass is 290 g/mol. The number of carbonyl (C=O) groups excluding carboxylic acids is 1. The number of ketones is 1. The molecular weight excluding hydrogens is 279 g/mol. The van der Waals surface area contributed by atoms with E-state index in [9.17, 15) is 9.18 Å². The molecular formula is C15H12ClFN2O. The van der Waals surface area contributed by atoms with Crippen molar-refractivity contribution < 1.29 is 9.18 Å². The number of carbonyl (C=O) groups is 1. The van der Waals surface area contributed by atoms with Crippen LogP contribution in [0.1, 0.15) is 17.3 Å². The molecule has 0 unspecified atom stereocenters. The molecule has 0 saturated carbocycles. The number of pyridine rings is 1. The molecule has 20 heavy (non-hydrogen) atoms. The van der Waals surface area contributed by atoms with Crippen molar-refractivity contribution in [3.63, 3.8) is 0 Å². The molecule has 0 atom stereocenters. The van der Waals surface area contributed by atoms with Gasteiger partial charge in [0.15, 0.2) is 5.78 Å². The van der Waals surface area contributed by atoms with Crippen LogP contribution >= 0.6 is 11.6 Å². The number of allylic oxidation sites excluding steroid dienone is 2. The number of anilines is 1. The minimum atomic E-state index is -0.481. The van der Waals surface area contributed by atoms with Gasteiger partial charge in [-0.25, -0.2) is 4.39 Å². The van der Waals surface area contributed by atoms with Crippen LogP contribution in [0.2, 0.25) is 5.02 Å². The summed E-state index contributed by atoms with van der Waals surface area (Å²) in [4.78, 5) is 15.8. The Bertz CT molecular complexity index is 656. The van der Waals surface area contributed by atoms with Gasteiger partial charge in [-0.2, -0.15) is 0 Å². The summed E-state index contributed by atoms with van der Waals surface area (Å²) < 4.78 is 13.0. The summed E-state index contributed by atoms with van der Waals surface area (Å²) in [6.45, 7) is 1.74. The van der Waals surface area contributed by atoms with Crippen molar-refractivity contribution in [3.05, 3.63) is 70.9 Å². The lowest BCUT2D eigenvalue weighted by molar-refractivity contribution is 0.104. The molecule has 0 amide bonds. The van der Waals surface area contributed by atoms with Crippen LogP contribution < -0.4 is 5.32 Å². The standard InChI is InChI=1S/C15H12ClFN2O/c1-10(7-15(20)11-3-2-6-18-9-11)19-12-4-5-14(17)13(16)8-12/h2-9,19H,1H3/b10-7+. The number of rotatable bonds is 4. The van der Waals surface area contributed by atoms with Gasteiger partial charge in [0, 0.05) is 35.4 Å². The van der Waals surface area contributed by atoms with Gasteiger partial charge in [0.2, 0.25) is 0 Å². The number of hydrogen-bond acceptors (Lipinski definition) is 3. The predicted octanol–water partition coefficient (Wildman–Crippen LogP) is 4.07. The van der Waals surface area contributed by atoms with E-state index in [2.05, 4.69) is 10.3 Å². The van der Waals surface area contributed by atoms with Crippen molar-refractivity contribution in [2.75, 3.05) is 5.32 Å². The third kappa shape index (κ3) is 3.65. The first-order valence-electron chi connectivity index (χ1n) is 5.91. The maximum absolute atomic E-state index is 13.0. The van der Waals surface area contributed by atoms with E-state index in [0.29, 0.717) is 16.9 Å². The van der Waals surface area contributed by atoms with Gasteiger partial charge in [-0.1, -0.05) is 11.6 Å². The van der Waals surface area contributed by atoms with E-state index in [1.165, 1.54) is 24.4 Å². The number of benzene rings is 1. The van der Waals surface area contributed by atoms with E-state index in [4.69, 9.17) is 11.6 Å². The van der Waals surface area contributed by atoms with Crippen LogP contribution in [0.25, 0.3) is 0 Å². The number of aromatic nitrogens is 1. The Morgan fingerprint density at radius 2 is 2.20 bits per heavy atom. The molecule has 0 radical (unpaired) electrons. The minimum absolute atomic E-state index is 0.0291. The highest BCUT2D eigenvalue weighted by Crippen LogP contribution is 2.20. The SMILES string of the molecule is C/C(=C\C(=O)c1cccnc1)Nc1ccc(F)c(Cl)c1. The van der Waals surface area contributed by atoms with Gasteiger partial charge in [-0.15, -0.1) is 0 Å². The van der Waals surface area contributed by atoms with Crippen molar-refractivity contribution >= 4 is 23.1 Å². The van der Waals surface area contributed by atoms with Gasteiger partial charge in [-0.05, 0) is 37.3 Å². The van der Waals surface area contributed by atoms with Crippen molar-refractivity contribution in [1.29, 1.82) is 0 Å². The van der Waals surface area contributed by atoms with E-state index >= 15 is 0 Å². The van der Waals surface area contributed by atoms with Crippen LogP contribution in [-0.2, 0) is 0 Å². The van der Waals surface area contributed by atoms with Crippen LogP contribution in [0.5, 0.6) is 0 Å². The fourth-order valence-electron chi connectivity index (χ4n) is 1.63. The molecule has 1 heterocycles. The van der Waals surface area contributed by atoms with Crippen LogP contribution in [0.15, 0.2) is 54.5 Å². The van der Waals surface area contributed by atoms with Crippen LogP contribution in [0, 0.1) is 5.82 Å². The molecule has 1 aromatic carbocycles. The van der Waals surface area contributed by atoms with Crippen LogP contribution in [0.4, 0.5) is 10.1 Å². The van der Waals surface area contributed by atoms with Gasteiger partial charge in [0.05, 0.1) is 5.02 Å². The molecule has 0 aliphatic rings. The zero-order valence-electron chi connectivity index (χ0n) is 10.7. The molecule has 0 aliphatic heterocycles. The second-order valence-electron chi connectivity index (χ2n) is 4.19. The molecule has 3 nitrogen and oxygen atoms in total. The Hall–Kier alpha value is -2.20. The second kappa shape index (κ2) is 6.30.